The van der Waals surface area contributed by atoms with Crippen molar-refractivity contribution in [2.75, 3.05) is 25.1 Å². The molecule has 1 aliphatic heterocycles. The van der Waals surface area contributed by atoms with Gasteiger partial charge in [-0.15, -0.1) is 0 Å². The lowest BCUT2D eigenvalue weighted by Gasteiger charge is -2.22. The van der Waals surface area contributed by atoms with E-state index in [1.165, 1.54) is 11.1 Å². The van der Waals surface area contributed by atoms with Gasteiger partial charge in [-0.1, -0.05) is 30.3 Å². The smallest absolute Gasteiger partial charge is 0.272 e. The van der Waals surface area contributed by atoms with Crippen molar-refractivity contribution in [3.05, 3.63) is 93.9 Å². The Labute approximate surface area is 208 Å². The van der Waals surface area contributed by atoms with Crippen LogP contribution in [0.5, 0.6) is 0 Å². The number of ether oxygens (including phenoxy) is 1. The van der Waals surface area contributed by atoms with Crippen molar-refractivity contribution in [1.29, 1.82) is 0 Å². The molecule has 6 nitrogen and oxygen atoms in total. The minimum Gasteiger partial charge on any atom is -0.381 e. The zero-order valence-electron chi connectivity index (χ0n) is 19.3. The fourth-order valence-electron chi connectivity index (χ4n) is 4.47. The van der Waals surface area contributed by atoms with Crippen LogP contribution in [0.15, 0.2) is 71.6 Å². The second-order valence-electron chi connectivity index (χ2n) is 8.75. The molecule has 2 N–H and O–H groups in total. The molecule has 0 unspecified atom stereocenters. The fourth-order valence-corrected chi connectivity index (χ4v) is 5.14. The number of benzene rings is 2. The molecule has 5 rings (SSSR count). The van der Waals surface area contributed by atoms with Crippen LogP contribution in [0.3, 0.4) is 0 Å². The standard InChI is InChI=1S/C28H27N3O3S/c32-27(24-8-7-21(16-20-11-15-35-18-20)22-4-1-2-5-23(22)24)31-25-6-3-12-29-26(25)28(33)30-17-19-9-13-34-14-10-19/h1-8,11-12,15,18-19H,9-10,13-14,16-17H2,(H,30,33)(H,31,32). The van der Waals surface area contributed by atoms with E-state index in [2.05, 4.69) is 32.4 Å². The zero-order valence-corrected chi connectivity index (χ0v) is 20.1. The number of nitrogens with zero attached hydrogens (tertiary/aromatic N) is 1. The first-order valence-corrected chi connectivity index (χ1v) is 12.8. The maximum absolute atomic E-state index is 13.4. The van der Waals surface area contributed by atoms with Crippen molar-refractivity contribution in [1.82, 2.24) is 10.3 Å². The number of hydrogen-bond donors (Lipinski definition) is 2. The van der Waals surface area contributed by atoms with Crippen molar-refractivity contribution in [3.8, 4) is 0 Å². The molecular formula is C28H27N3O3S. The highest BCUT2D eigenvalue weighted by molar-refractivity contribution is 7.07. The summed E-state index contributed by atoms with van der Waals surface area (Å²) < 4.78 is 5.39. The van der Waals surface area contributed by atoms with Crippen LogP contribution in [0, 0.1) is 5.92 Å². The molecule has 1 saturated heterocycles. The Hall–Kier alpha value is -3.55. The Morgan fingerprint density at radius 1 is 0.971 bits per heavy atom. The first-order chi connectivity index (χ1) is 17.2. The second kappa shape index (κ2) is 10.8. The monoisotopic (exact) mass is 485 g/mol. The highest BCUT2D eigenvalue weighted by Gasteiger charge is 2.20. The topological polar surface area (TPSA) is 80.3 Å². The van der Waals surface area contributed by atoms with E-state index in [1.807, 2.05) is 36.4 Å². The van der Waals surface area contributed by atoms with Gasteiger partial charge in [0.2, 0.25) is 0 Å². The van der Waals surface area contributed by atoms with Gasteiger partial charge in [-0.3, -0.25) is 9.59 Å². The molecule has 4 aromatic rings. The van der Waals surface area contributed by atoms with Gasteiger partial charge in [-0.2, -0.15) is 11.3 Å². The summed E-state index contributed by atoms with van der Waals surface area (Å²) in [7, 11) is 0. The Balaban J connectivity index is 1.35. The van der Waals surface area contributed by atoms with Crippen LogP contribution in [-0.4, -0.2) is 36.6 Å². The maximum Gasteiger partial charge on any atom is 0.272 e. The average molecular weight is 486 g/mol. The molecule has 7 heteroatoms. The Bertz CT molecular complexity index is 1330. The quantitative estimate of drug-likeness (QED) is 0.372. The van der Waals surface area contributed by atoms with Gasteiger partial charge in [0, 0.05) is 31.5 Å². The maximum atomic E-state index is 13.4. The Kier molecular flexibility index (Phi) is 7.16. The van der Waals surface area contributed by atoms with Gasteiger partial charge in [-0.05, 0) is 82.1 Å². The number of pyridine rings is 1. The fraction of sp³-hybridized carbons (Fsp3) is 0.250. The summed E-state index contributed by atoms with van der Waals surface area (Å²) in [5.41, 5.74) is 3.60. The summed E-state index contributed by atoms with van der Waals surface area (Å²) in [6.07, 6.45) is 4.24. The van der Waals surface area contributed by atoms with Crippen LogP contribution in [0.25, 0.3) is 10.8 Å². The summed E-state index contributed by atoms with van der Waals surface area (Å²) in [6.45, 7) is 2.03. The van der Waals surface area contributed by atoms with E-state index < -0.39 is 0 Å². The summed E-state index contributed by atoms with van der Waals surface area (Å²) in [5.74, 6) is -0.161. The van der Waals surface area contributed by atoms with E-state index in [4.69, 9.17) is 4.74 Å². The van der Waals surface area contributed by atoms with Crippen LogP contribution >= 0.6 is 11.3 Å². The van der Waals surface area contributed by atoms with Crippen molar-refractivity contribution in [2.45, 2.75) is 19.3 Å². The molecule has 0 saturated carbocycles. The Morgan fingerprint density at radius 3 is 2.60 bits per heavy atom. The minimum atomic E-state index is -0.289. The lowest BCUT2D eigenvalue weighted by atomic mass is 9.96. The molecule has 0 radical (unpaired) electrons. The first-order valence-electron chi connectivity index (χ1n) is 11.8. The number of carbonyl (C=O) groups excluding carboxylic acids is 2. The van der Waals surface area contributed by atoms with Crippen LogP contribution in [0.2, 0.25) is 0 Å². The van der Waals surface area contributed by atoms with Gasteiger partial charge in [0.25, 0.3) is 11.8 Å². The van der Waals surface area contributed by atoms with E-state index in [0.29, 0.717) is 23.7 Å². The lowest BCUT2D eigenvalue weighted by molar-refractivity contribution is 0.0642. The number of fused-ring (bicyclic) bond motifs is 1. The molecule has 0 atom stereocenters. The molecule has 0 aliphatic carbocycles. The number of hydrogen-bond acceptors (Lipinski definition) is 5. The van der Waals surface area contributed by atoms with E-state index in [0.717, 1.165) is 43.2 Å². The number of carbonyl (C=O) groups is 2. The van der Waals surface area contributed by atoms with Gasteiger partial charge in [-0.25, -0.2) is 4.98 Å². The second-order valence-corrected chi connectivity index (χ2v) is 9.53. The molecular weight excluding hydrogens is 458 g/mol. The molecule has 3 heterocycles. The number of amides is 2. The number of aromatic nitrogens is 1. The predicted octanol–water partition coefficient (Wildman–Crippen LogP) is 5.30. The van der Waals surface area contributed by atoms with Crippen LogP contribution in [0.4, 0.5) is 5.69 Å². The van der Waals surface area contributed by atoms with Gasteiger partial charge in [0.1, 0.15) is 0 Å². The minimum absolute atomic E-state index is 0.214. The summed E-state index contributed by atoms with van der Waals surface area (Å²) >= 11 is 1.68. The van der Waals surface area contributed by atoms with E-state index >= 15 is 0 Å². The van der Waals surface area contributed by atoms with E-state index in [1.54, 1.807) is 29.7 Å². The van der Waals surface area contributed by atoms with E-state index in [-0.39, 0.29) is 17.5 Å². The molecule has 0 spiro atoms. The average Bonchev–Trinajstić information content (AvgIpc) is 3.41. The molecule has 2 aromatic carbocycles. The first kappa shape index (κ1) is 23.2. The van der Waals surface area contributed by atoms with Crippen molar-refractivity contribution < 1.29 is 14.3 Å². The van der Waals surface area contributed by atoms with Gasteiger partial charge >= 0.3 is 0 Å². The Morgan fingerprint density at radius 2 is 1.80 bits per heavy atom. The largest absolute Gasteiger partial charge is 0.381 e. The third kappa shape index (κ3) is 5.42. The predicted molar refractivity (Wildman–Crippen MR) is 139 cm³/mol. The molecule has 1 aliphatic rings. The van der Waals surface area contributed by atoms with Crippen molar-refractivity contribution >= 4 is 39.6 Å². The third-order valence-electron chi connectivity index (χ3n) is 6.40. The summed E-state index contributed by atoms with van der Waals surface area (Å²) in [6, 6.07) is 17.4. The molecule has 0 bridgehead atoms. The summed E-state index contributed by atoms with van der Waals surface area (Å²) in [5, 5.41) is 12.0. The molecule has 178 valence electrons. The molecule has 2 aromatic heterocycles. The summed E-state index contributed by atoms with van der Waals surface area (Å²) in [4.78, 5) is 30.5. The third-order valence-corrected chi connectivity index (χ3v) is 7.13. The van der Waals surface area contributed by atoms with E-state index in [9.17, 15) is 9.59 Å². The number of thiophene rings is 1. The number of anilines is 1. The zero-order chi connectivity index (χ0) is 24.0. The van der Waals surface area contributed by atoms with Crippen molar-refractivity contribution in [2.24, 2.45) is 5.92 Å². The highest BCUT2D eigenvalue weighted by Crippen LogP contribution is 2.27. The van der Waals surface area contributed by atoms with Gasteiger partial charge in [0.05, 0.1) is 5.69 Å². The highest BCUT2D eigenvalue weighted by atomic mass is 32.1. The SMILES string of the molecule is O=C(NCC1CCOCC1)c1ncccc1NC(=O)c1ccc(Cc2ccsc2)c2ccccc12. The molecule has 35 heavy (non-hydrogen) atoms. The van der Waals surface area contributed by atoms with Gasteiger partial charge in [0.15, 0.2) is 5.69 Å². The van der Waals surface area contributed by atoms with Crippen LogP contribution < -0.4 is 10.6 Å². The number of nitrogens with one attached hydrogen (secondary N) is 2. The lowest BCUT2D eigenvalue weighted by Crippen LogP contribution is -2.33. The van der Waals surface area contributed by atoms with Crippen LogP contribution in [-0.2, 0) is 11.2 Å². The van der Waals surface area contributed by atoms with Crippen LogP contribution in [0.1, 0.15) is 44.8 Å². The molecule has 2 amide bonds. The van der Waals surface area contributed by atoms with Gasteiger partial charge < -0.3 is 15.4 Å². The van der Waals surface area contributed by atoms with Crippen molar-refractivity contribution in [3.63, 3.8) is 0 Å². The number of rotatable bonds is 7. The normalized spacial score (nSPS) is 14.1. The molecule has 1 fully saturated rings.